The van der Waals surface area contributed by atoms with Gasteiger partial charge in [-0.05, 0) is 44.9 Å². The van der Waals surface area contributed by atoms with E-state index < -0.39 is 0 Å². The molecule has 1 N–H and O–H groups in total. The maximum Gasteiger partial charge on any atom is 0.224 e. The highest BCUT2D eigenvalue weighted by Gasteiger charge is 2.12. The van der Waals surface area contributed by atoms with Crippen molar-refractivity contribution in [2.75, 3.05) is 5.32 Å². The fourth-order valence-corrected chi connectivity index (χ4v) is 2.23. The number of anilines is 1. The molecule has 0 spiro atoms. The molecule has 0 unspecified atom stereocenters. The predicted octanol–water partition coefficient (Wildman–Crippen LogP) is 3.82. The maximum absolute atomic E-state index is 12.0. The zero-order valence-electron chi connectivity index (χ0n) is 11.8. The SMILES string of the molecule is Cc1noc(C)c1CCC(=O)Nc1cccc(Cl)c1C. The molecule has 0 atom stereocenters. The third-order valence-corrected chi connectivity index (χ3v) is 3.73. The molecular formula is C15H17ClN2O2. The molecule has 0 saturated carbocycles. The number of nitrogens with one attached hydrogen (secondary N) is 1. The van der Waals surface area contributed by atoms with Crippen LogP contribution in [0, 0.1) is 20.8 Å². The number of hydrogen-bond acceptors (Lipinski definition) is 3. The van der Waals surface area contributed by atoms with Crippen molar-refractivity contribution in [3.05, 3.63) is 45.8 Å². The van der Waals surface area contributed by atoms with Crippen molar-refractivity contribution in [3.8, 4) is 0 Å². The van der Waals surface area contributed by atoms with E-state index in [4.69, 9.17) is 16.1 Å². The monoisotopic (exact) mass is 292 g/mol. The van der Waals surface area contributed by atoms with Crippen molar-refractivity contribution >= 4 is 23.2 Å². The Morgan fingerprint density at radius 1 is 1.35 bits per heavy atom. The molecule has 4 nitrogen and oxygen atoms in total. The second kappa shape index (κ2) is 6.09. The van der Waals surface area contributed by atoms with E-state index in [1.807, 2.05) is 32.9 Å². The zero-order chi connectivity index (χ0) is 14.7. The molecule has 0 radical (unpaired) electrons. The third-order valence-electron chi connectivity index (χ3n) is 3.33. The molecule has 0 aliphatic heterocycles. The van der Waals surface area contributed by atoms with Crippen LogP contribution in [0.4, 0.5) is 5.69 Å². The first-order valence-electron chi connectivity index (χ1n) is 6.45. The number of nitrogens with zero attached hydrogens (tertiary/aromatic N) is 1. The summed E-state index contributed by atoms with van der Waals surface area (Å²) in [6, 6.07) is 5.46. The van der Waals surface area contributed by atoms with Crippen molar-refractivity contribution in [2.45, 2.75) is 33.6 Å². The topological polar surface area (TPSA) is 55.1 Å². The van der Waals surface area contributed by atoms with Gasteiger partial charge in [0.15, 0.2) is 0 Å². The van der Waals surface area contributed by atoms with Crippen molar-refractivity contribution in [2.24, 2.45) is 0 Å². The van der Waals surface area contributed by atoms with E-state index in [9.17, 15) is 4.79 Å². The van der Waals surface area contributed by atoms with Gasteiger partial charge in [-0.15, -0.1) is 0 Å². The van der Waals surface area contributed by atoms with Gasteiger partial charge in [0.25, 0.3) is 0 Å². The Kier molecular flexibility index (Phi) is 4.45. The molecule has 0 aliphatic carbocycles. The van der Waals surface area contributed by atoms with Crippen LogP contribution in [0.3, 0.4) is 0 Å². The van der Waals surface area contributed by atoms with Crippen molar-refractivity contribution in [1.29, 1.82) is 0 Å². The summed E-state index contributed by atoms with van der Waals surface area (Å²) in [7, 11) is 0. The minimum absolute atomic E-state index is 0.0460. The molecule has 0 saturated heterocycles. The summed E-state index contributed by atoms with van der Waals surface area (Å²) in [6.45, 7) is 5.62. The van der Waals surface area contributed by atoms with E-state index in [-0.39, 0.29) is 5.91 Å². The number of carbonyl (C=O) groups is 1. The molecule has 5 heteroatoms. The first-order chi connectivity index (χ1) is 9.49. The second-order valence-corrected chi connectivity index (χ2v) is 5.17. The van der Waals surface area contributed by atoms with Gasteiger partial charge in [0.05, 0.1) is 5.69 Å². The highest BCUT2D eigenvalue weighted by atomic mass is 35.5. The summed E-state index contributed by atoms with van der Waals surface area (Å²) in [5.74, 6) is 0.726. The predicted molar refractivity (Wildman–Crippen MR) is 79.1 cm³/mol. The van der Waals surface area contributed by atoms with Crippen LogP contribution >= 0.6 is 11.6 Å². The fourth-order valence-electron chi connectivity index (χ4n) is 2.05. The van der Waals surface area contributed by atoms with Crippen LogP contribution in [-0.2, 0) is 11.2 Å². The number of halogens is 1. The van der Waals surface area contributed by atoms with Gasteiger partial charge in [-0.25, -0.2) is 0 Å². The Balaban J connectivity index is 1.98. The van der Waals surface area contributed by atoms with Crippen LogP contribution in [0.1, 0.15) is 29.0 Å². The first-order valence-corrected chi connectivity index (χ1v) is 6.83. The highest BCUT2D eigenvalue weighted by Crippen LogP contribution is 2.23. The highest BCUT2D eigenvalue weighted by molar-refractivity contribution is 6.31. The molecule has 106 valence electrons. The lowest BCUT2D eigenvalue weighted by Crippen LogP contribution is -2.13. The van der Waals surface area contributed by atoms with Gasteiger partial charge < -0.3 is 9.84 Å². The number of rotatable bonds is 4. The first kappa shape index (κ1) is 14.6. The molecule has 1 aromatic carbocycles. The van der Waals surface area contributed by atoms with Gasteiger partial charge in [-0.2, -0.15) is 0 Å². The number of carbonyl (C=O) groups excluding carboxylic acids is 1. The molecule has 1 aromatic heterocycles. The molecular weight excluding hydrogens is 276 g/mol. The van der Waals surface area contributed by atoms with Crippen LogP contribution in [0.5, 0.6) is 0 Å². The molecule has 2 aromatic rings. The van der Waals surface area contributed by atoms with Crippen LogP contribution in [0.25, 0.3) is 0 Å². The molecule has 1 amide bonds. The van der Waals surface area contributed by atoms with Gasteiger partial charge in [0.2, 0.25) is 5.91 Å². The van der Waals surface area contributed by atoms with Crippen molar-refractivity contribution in [3.63, 3.8) is 0 Å². The molecule has 2 rings (SSSR count). The lowest BCUT2D eigenvalue weighted by atomic mass is 10.1. The van der Waals surface area contributed by atoms with Crippen LogP contribution < -0.4 is 5.32 Å². The quantitative estimate of drug-likeness (QED) is 0.932. The van der Waals surface area contributed by atoms with Gasteiger partial charge in [0.1, 0.15) is 5.76 Å². The smallest absolute Gasteiger partial charge is 0.224 e. The van der Waals surface area contributed by atoms with Gasteiger partial charge >= 0.3 is 0 Å². The summed E-state index contributed by atoms with van der Waals surface area (Å²) < 4.78 is 5.08. The average molecular weight is 293 g/mol. The number of hydrogen-bond donors (Lipinski definition) is 1. The molecule has 0 fully saturated rings. The Labute approximate surface area is 123 Å². The van der Waals surface area contributed by atoms with Gasteiger partial charge in [-0.3, -0.25) is 4.79 Å². The van der Waals surface area contributed by atoms with E-state index >= 15 is 0 Å². The summed E-state index contributed by atoms with van der Waals surface area (Å²) in [4.78, 5) is 12.0. The molecule has 1 heterocycles. The summed E-state index contributed by atoms with van der Waals surface area (Å²) in [5.41, 5.74) is 3.47. The molecule has 0 bridgehead atoms. The molecule has 0 aliphatic rings. The second-order valence-electron chi connectivity index (χ2n) is 4.76. The number of aromatic nitrogens is 1. The van der Waals surface area contributed by atoms with E-state index in [1.165, 1.54) is 0 Å². The number of amides is 1. The Morgan fingerprint density at radius 2 is 2.10 bits per heavy atom. The Morgan fingerprint density at radius 3 is 2.75 bits per heavy atom. The van der Waals surface area contributed by atoms with E-state index in [0.29, 0.717) is 17.9 Å². The summed E-state index contributed by atoms with van der Waals surface area (Å²) in [5, 5.41) is 7.40. The third kappa shape index (κ3) is 3.20. The minimum Gasteiger partial charge on any atom is -0.361 e. The largest absolute Gasteiger partial charge is 0.361 e. The van der Waals surface area contributed by atoms with Crippen molar-refractivity contribution in [1.82, 2.24) is 5.16 Å². The van der Waals surface area contributed by atoms with Gasteiger partial charge in [0, 0.05) is 22.7 Å². The zero-order valence-corrected chi connectivity index (χ0v) is 12.5. The van der Waals surface area contributed by atoms with E-state index in [2.05, 4.69) is 10.5 Å². The van der Waals surface area contributed by atoms with Crippen LogP contribution in [0.15, 0.2) is 22.7 Å². The van der Waals surface area contributed by atoms with Crippen molar-refractivity contribution < 1.29 is 9.32 Å². The summed E-state index contributed by atoms with van der Waals surface area (Å²) >= 11 is 6.03. The minimum atomic E-state index is -0.0460. The van der Waals surface area contributed by atoms with E-state index in [1.54, 1.807) is 6.07 Å². The standard InChI is InChI=1S/C15H17ClN2O2/c1-9-13(16)5-4-6-14(9)17-15(19)8-7-12-10(2)18-20-11(12)3/h4-6H,7-8H2,1-3H3,(H,17,19). The maximum atomic E-state index is 12.0. The summed E-state index contributed by atoms with van der Waals surface area (Å²) in [6.07, 6.45) is 1.00. The Bertz CT molecular complexity index is 615. The lowest BCUT2D eigenvalue weighted by molar-refractivity contribution is -0.116. The average Bonchev–Trinajstić information content (AvgIpc) is 2.72. The number of benzene rings is 1. The number of aryl methyl sites for hydroxylation is 2. The molecule has 20 heavy (non-hydrogen) atoms. The fraction of sp³-hybridized carbons (Fsp3) is 0.333. The lowest BCUT2D eigenvalue weighted by Gasteiger charge is -2.09. The Hall–Kier alpha value is -1.81. The van der Waals surface area contributed by atoms with Crippen LogP contribution in [-0.4, -0.2) is 11.1 Å². The van der Waals surface area contributed by atoms with Crippen LogP contribution in [0.2, 0.25) is 5.02 Å². The van der Waals surface area contributed by atoms with E-state index in [0.717, 1.165) is 28.3 Å². The normalized spacial score (nSPS) is 10.6. The van der Waals surface area contributed by atoms with Gasteiger partial charge in [-0.1, -0.05) is 22.8 Å².